The van der Waals surface area contributed by atoms with Crippen molar-refractivity contribution in [2.45, 2.75) is 19.0 Å². The summed E-state index contributed by atoms with van der Waals surface area (Å²) in [6.45, 7) is 0. The maximum absolute atomic E-state index is 12.2. The maximum Gasteiger partial charge on any atom is 0.391 e. The molecule has 1 N–H and O–H groups in total. The van der Waals surface area contributed by atoms with E-state index in [-0.39, 0.29) is 18.7 Å². The van der Waals surface area contributed by atoms with Crippen LogP contribution in [0.2, 0.25) is 0 Å². The summed E-state index contributed by atoms with van der Waals surface area (Å²) in [5, 5.41) is 2.61. The highest BCUT2D eigenvalue weighted by Gasteiger charge is 2.49. The topological polar surface area (TPSA) is 29.1 Å². The lowest BCUT2D eigenvalue weighted by Crippen LogP contribution is -2.41. The number of amides is 1. The zero-order valence-corrected chi connectivity index (χ0v) is 9.00. The lowest BCUT2D eigenvalue weighted by atomic mass is 9.74. The van der Waals surface area contributed by atoms with Crippen LogP contribution in [0.25, 0.3) is 0 Å². The van der Waals surface area contributed by atoms with E-state index >= 15 is 0 Å². The van der Waals surface area contributed by atoms with Crippen LogP contribution in [0.5, 0.6) is 0 Å². The summed E-state index contributed by atoms with van der Waals surface area (Å²) in [7, 11) is 0. The third-order valence-electron chi connectivity index (χ3n) is 3.01. The third-order valence-corrected chi connectivity index (χ3v) is 3.01. The predicted molar refractivity (Wildman–Crippen MR) is 57.3 cm³/mol. The number of nitrogens with one attached hydrogen (secondary N) is 1. The molecule has 17 heavy (non-hydrogen) atoms. The van der Waals surface area contributed by atoms with E-state index in [0.717, 1.165) is 0 Å². The van der Waals surface area contributed by atoms with Crippen molar-refractivity contribution in [3.8, 4) is 0 Å². The molecule has 0 unspecified atom stereocenters. The number of alkyl halides is 3. The molecule has 1 aliphatic carbocycles. The van der Waals surface area contributed by atoms with Crippen molar-refractivity contribution in [3.63, 3.8) is 0 Å². The van der Waals surface area contributed by atoms with Gasteiger partial charge in [-0.3, -0.25) is 4.79 Å². The average Bonchev–Trinajstić information content (AvgIpc) is 2.14. The molecular formula is C12H12F3NO. The number of anilines is 1. The van der Waals surface area contributed by atoms with Crippen LogP contribution in [-0.4, -0.2) is 12.1 Å². The molecule has 0 aromatic heterocycles. The molecular weight excluding hydrogens is 231 g/mol. The fraction of sp³-hybridized carbons (Fsp3) is 0.417. The number of rotatable bonds is 2. The van der Waals surface area contributed by atoms with Crippen LogP contribution in [0.1, 0.15) is 12.8 Å². The van der Waals surface area contributed by atoms with Crippen LogP contribution in [0.3, 0.4) is 0 Å². The van der Waals surface area contributed by atoms with Crippen molar-refractivity contribution in [2.75, 3.05) is 5.32 Å². The van der Waals surface area contributed by atoms with Crippen molar-refractivity contribution in [1.82, 2.24) is 0 Å². The fourth-order valence-corrected chi connectivity index (χ4v) is 1.86. The fourth-order valence-electron chi connectivity index (χ4n) is 1.86. The Bertz CT molecular complexity index is 396. The number of hydrogen-bond acceptors (Lipinski definition) is 1. The Kier molecular flexibility index (Phi) is 3.09. The van der Waals surface area contributed by atoms with E-state index in [0.29, 0.717) is 5.69 Å². The van der Waals surface area contributed by atoms with E-state index in [2.05, 4.69) is 5.32 Å². The van der Waals surface area contributed by atoms with Gasteiger partial charge in [0.25, 0.3) is 0 Å². The molecule has 2 rings (SSSR count). The number of benzene rings is 1. The van der Waals surface area contributed by atoms with Gasteiger partial charge in [0.1, 0.15) is 0 Å². The summed E-state index contributed by atoms with van der Waals surface area (Å²) in [5.41, 5.74) is 0.618. The molecule has 1 aliphatic rings. The summed E-state index contributed by atoms with van der Waals surface area (Å²) in [4.78, 5) is 11.6. The summed E-state index contributed by atoms with van der Waals surface area (Å²) < 4.78 is 36.7. The van der Waals surface area contributed by atoms with E-state index in [1.54, 1.807) is 30.3 Å². The first-order valence-corrected chi connectivity index (χ1v) is 5.39. The van der Waals surface area contributed by atoms with Crippen molar-refractivity contribution in [1.29, 1.82) is 0 Å². The molecule has 1 aromatic rings. The second kappa shape index (κ2) is 4.39. The standard InChI is InChI=1S/C12H12F3NO/c13-12(14,15)9-6-8(7-9)11(17)16-10-4-2-1-3-5-10/h1-5,8-9H,6-7H2,(H,16,17). The molecule has 1 aromatic carbocycles. The normalized spacial score (nSPS) is 23.9. The minimum Gasteiger partial charge on any atom is -0.326 e. The molecule has 0 bridgehead atoms. The van der Waals surface area contributed by atoms with E-state index in [4.69, 9.17) is 0 Å². The Balaban J connectivity index is 1.84. The number of halogens is 3. The van der Waals surface area contributed by atoms with Gasteiger partial charge in [-0.1, -0.05) is 18.2 Å². The van der Waals surface area contributed by atoms with Gasteiger partial charge in [0.15, 0.2) is 0 Å². The third kappa shape index (κ3) is 2.78. The molecule has 92 valence electrons. The molecule has 0 spiro atoms. The SMILES string of the molecule is O=C(Nc1ccccc1)C1CC(C(F)(F)F)C1. The Hall–Kier alpha value is -1.52. The van der Waals surface area contributed by atoms with Crippen LogP contribution in [0, 0.1) is 11.8 Å². The highest BCUT2D eigenvalue weighted by Crippen LogP contribution is 2.44. The van der Waals surface area contributed by atoms with Crippen LogP contribution in [0.15, 0.2) is 30.3 Å². The first-order chi connectivity index (χ1) is 7.97. The number of hydrogen-bond donors (Lipinski definition) is 1. The Labute approximate surface area is 96.8 Å². The van der Waals surface area contributed by atoms with Gasteiger partial charge in [0.2, 0.25) is 5.91 Å². The monoisotopic (exact) mass is 243 g/mol. The Morgan fingerprint density at radius 2 is 1.76 bits per heavy atom. The van der Waals surface area contributed by atoms with Crippen molar-refractivity contribution >= 4 is 11.6 Å². The van der Waals surface area contributed by atoms with Gasteiger partial charge in [-0.2, -0.15) is 13.2 Å². The summed E-state index contributed by atoms with van der Waals surface area (Å²) in [6.07, 6.45) is -4.35. The number of para-hydroxylation sites is 1. The molecule has 5 heteroatoms. The number of carbonyl (C=O) groups is 1. The molecule has 0 heterocycles. The molecule has 1 amide bonds. The minimum absolute atomic E-state index is 0.0951. The zero-order chi connectivity index (χ0) is 12.5. The van der Waals surface area contributed by atoms with Crippen LogP contribution >= 0.6 is 0 Å². The van der Waals surface area contributed by atoms with Crippen LogP contribution in [-0.2, 0) is 4.79 Å². The molecule has 0 saturated heterocycles. The van der Waals surface area contributed by atoms with E-state index in [1.165, 1.54) is 0 Å². The first-order valence-electron chi connectivity index (χ1n) is 5.39. The quantitative estimate of drug-likeness (QED) is 0.849. The van der Waals surface area contributed by atoms with E-state index in [1.807, 2.05) is 0 Å². The average molecular weight is 243 g/mol. The smallest absolute Gasteiger partial charge is 0.326 e. The van der Waals surface area contributed by atoms with Gasteiger partial charge in [0.05, 0.1) is 5.92 Å². The van der Waals surface area contributed by atoms with Crippen molar-refractivity contribution in [3.05, 3.63) is 30.3 Å². The predicted octanol–water partition coefficient (Wildman–Crippen LogP) is 3.21. The lowest BCUT2D eigenvalue weighted by Gasteiger charge is -2.35. The molecule has 2 nitrogen and oxygen atoms in total. The second-order valence-corrected chi connectivity index (χ2v) is 4.26. The van der Waals surface area contributed by atoms with Gasteiger partial charge >= 0.3 is 6.18 Å². The summed E-state index contributed by atoms with van der Waals surface area (Å²) in [6, 6.07) is 8.73. The molecule has 1 saturated carbocycles. The van der Waals surface area contributed by atoms with Gasteiger partial charge in [-0.25, -0.2) is 0 Å². The first kappa shape index (κ1) is 12.0. The maximum atomic E-state index is 12.2. The Morgan fingerprint density at radius 1 is 1.18 bits per heavy atom. The van der Waals surface area contributed by atoms with E-state index < -0.39 is 18.0 Å². The van der Waals surface area contributed by atoms with Gasteiger partial charge in [-0.05, 0) is 25.0 Å². The van der Waals surface area contributed by atoms with Gasteiger partial charge in [0, 0.05) is 11.6 Å². The lowest BCUT2D eigenvalue weighted by molar-refractivity contribution is -0.203. The largest absolute Gasteiger partial charge is 0.391 e. The van der Waals surface area contributed by atoms with Gasteiger partial charge in [-0.15, -0.1) is 0 Å². The zero-order valence-electron chi connectivity index (χ0n) is 9.00. The molecule has 0 radical (unpaired) electrons. The van der Waals surface area contributed by atoms with Crippen molar-refractivity contribution in [2.24, 2.45) is 11.8 Å². The van der Waals surface area contributed by atoms with Crippen LogP contribution in [0.4, 0.5) is 18.9 Å². The highest BCUT2D eigenvalue weighted by molar-refractivity contribution is 5.93. The summed E-state index contributed by atoms with van der Waals surface area (Å²) in [5.74, 6) is -2.15. The van der Waals surface area contributed by atoms with Gasteiger partial charge < -0.3 is 5.32 Å². The van der Waals surface area contributed by atoms with Crippen LogP contribution < -0.4 is 5.32 Å². The Morgan fingerprint density at radius 3 is 2.29 bits per heavy atom. The minimum atomic E-state index is -4.16. The highest BCUT2D eigenvalue weighted by atomic mass is 19.4. The summed E-state index contributed by atoms with van der Waals surface area (Å²) >= 11 is 0. The molecule has 0 aliphatic heterocycles. The molecule has 1 fully saturated rings. The van der Waals surface area contributed by atoms with E-state index in [9.17, 15) is 18.0 Å². The van der Waals surface area contributed by atoms with Crippen molar-refractivity contribution < 1.29 is 18.0 Å². The second-order valence-electron chi connectivity index (χ2n) is 4.26. The molecule has 0 atom stereocenters. The number of carbonyl (C=O) groups excluding carboxylic acids is 1.